The fraction of sp³-hybridized carbons (Fsp3) is 0.556. The Labute approximate surface area is 58.0 Å². The van der Waals surface area contributed by atoms with Crippen molar-refractivity contribution < 1.29 is 0 Å². The minimum Gasteiger partial charge on any atom is -0.115 e. The average molecular weight is 122 g/mol. The molecule has 0 rings (SSSR count). The van der Waals surface area contributed by atoms with Crippen LogP contribution in [0.15, 0.2) is 12.2 Å². The van der Waals surface area contributed by atoms with Gasteiger partial charge in [0.1, 0.15) is 0 Å². The highest BCUT2D eigenvalue weighted by Crippen LogP contribution is 2.05. The third kappa shape index (κ3) is 5.17. The molecule has 0 fully saturated rings. The van der Waals surface area contributed by atoms with Crippen molar-refractivity contribution in [2.45, 2.75) is 26.7 Å². The lowest BCUT2D eigenvalue weighted by Gasteiger charge is -2.00. The highest BCUT2D eigenvalue weighted by molar-refractivity contribution is 5.08. The van der Waals surface area contributed by atoms with Crippen LogP contribution < -0.4 is 0 Å². The first-order valence-electron chi connectivity index (χ1n) is 3.42. The van der Waals surface area contributed by atoms with E-state index in [4.69, 9.17) is 6.42 Å². The van der Waals surface area contributed by atoms with Crippen LogP contribution >= 0.6 is 0 Å². The molecule has 0 aliphatic carbocycles. The molecule has 0 heteroatoms. The van der Waals surface area contributed by atoms with Gasteiger partial charge in [0.15, 0.2) is 0 Å². The van der Waals surface area contributed by atoms with Crippen LogP contribution in [0.1, 0.15) is 26.7 Å². The standard InChI is InChI=1S/C9H14/c1-4-6-7-8-9(3)5-2/h1,6-7,9H,5,8H2,2-3H3. The van der Waals surface area contributed by atoms with Crippen molar-refractivity contribution in [3.8, 4) is 12.3 Å². The van der Waals surface area contributed by atoms with Gasteiger partial charge in [-0.15, -0.1) is 6.42 Å². The predicted molar refractivity (Wildman–Crippen MR) is 42.0 cm³/mol. The van der Waals surface area contributed by atoms with E-state index in [0.29, 0.717) is 0 Å². The predicted octanol–water partition coefficient (Wildman–Crippen LogP) is 2.61. The Bertz CT molecular complexity index is 114. The maximum Gasteiger partial charge on any atom is -0.0161 e. The van der Waals surface area contributed by atoms with E-state index in [-0.39, 0.29) is 0 Å². The summed E-state index contributed by atoms with van der Waals surface area (Å²) in [4.78, 5) is 0. The second kappa shape index (κ2) is 5.44. The van der Waals surface area contributed by atoms with Crippen LogP contribution in [0.2, 0.25) is 0 Å². The van der Waals surface area contributed by atoms with E-state index >= 15 is 0 Å². The summed E-state index contributed by atoms with van der Waals surface area (Å²) in [6.45, 7) is 4.41. The van der Waals surface area contributed by atoms with Crippen molar-refractivity contribution in [3.63, 3.8) is 0 Å². The molecule has 0 nitrogen and oxygen atoms in total. The normalized spacial score (nSPS) is 13.4. The monoisotopic (exact) mass is 122 g/mol. The molecule has 0 aliphatic heterocycles. The molecule has 0 aromatic rings. The molecule has 0 bridgehead atoms. The van der Waals surface area contributed by atoms with Crippen LogP contribution in [0.3, 0.4) is 0 Å². The maximum absolute atomic E-state index is 5.02. The van der Waals surface area contributed by atoms with E-state index in [1.165, 1.54) is 6.42 Å². The molecule has 0 amide bonds. The van der Waals surface area contributed by atoms with Gasteiger partial charge in [-0.05, 0) is 18.4 Å². The molecule has 0 saturated heterocycles. The van der Waals surface area contributed by atoms with Crippen molar-refractivity contribution in [3.05, 3.63) is 12.2 Å². The molecule has 1 unspecified atom stereocenters. The van der Waals surface area contributed by atoms with Crippen molar-refractivity contribution >= 4 is 0 Å². The lowest BCUT2D eigenvalue weighted by molar-refractivity contribution is 0.572. The van der Waals surface area contributed by atoms with Gasteiger partial charge in [0.05, 0.1) is 0 Å². The van der Waals surface area contributed by atoms with Crippen molar-refractivity contribution in [2.75, 3.05) is 0 Å². The van der Waals surface area contributed by atoms with Gasteiger partial charge in [-0.25, -0.2) is 0 Å². The van der Waals surface area contributed by atoms with Crippen LogP contribution in [-0.4, -0.2) is 0 Å². The number of hydrogen-bond acceptors (Lipinski definition) is 0. The Morgan fingerprint density at radius 1 is 1.67 bits per heavy atom. The SMILES string of the molecule is C#CC=CCC(C)CC. The van der Waals surface area contributed by atoms with Crippen LogP contribution in [0.4, 0.5) is 0 Å². The van der Waals surface area contributed by atoms with Gasteiger partial charge in [0.2, 0.25) is 0 Å². The Kier molecular flexibility index (Phi) is 5.01. The molecule has 0 aliphatic rings. The molecule has 0 spiro atoms. The van der Waals surface area contributed by atoms with Gasteiger partial charge in [0, 0.05) is 0 Å². The average Bonchev–Trinajstić information content (AvgIpc) is 1.89. The quantitative estimate of drug-likeness (QED) is 0.505. The van der Waals surface area contributed by atoms with Crippen LogP contribution in [0.25, 0.3) is 0 Å². The molecular weight excluding hydrogens is 108 g/mol. The second-order valence-electron chi connectivity index (χ2n) is 2.32. The smallest absolute Gasteiger partial charge is 0.0161 e. The minimum absolute atomic E-state index is 0.773. The van der Waals surface area contributed by atoms with Crippen LogP contribution in [0.5, 0.6) is 0 Å². The summed E-state index contributed by atoms with van der Waals surface area (Å²) in [5, 5.41) is 0. The molecule has 0 N–H and O–H groups in total. The van der Waals surface area contributed by atoms with Gasteiger partial charge < -0.3 is 0 Å². The largest absolute Gasteiger partial charge is 0.115 e. The van der Waals surface area contributed by atoms with E-state index in [2.05, 4.69) is 19.8 Å². The van der Waals surface area contributed by atoms with E-state index in [0.717, 1.165) is 12.3 Å². The fourth-order valence-corrected chi connectivity index (χ4v) is 0.535. The summed E-state index contributed by atoms with van der Waals surface area (Å²) in [6, 6.07) is 0. The highest BCUT2D eigenvalue weighted by Gasteiger charge is 1.91. The first-order chi connectivity index (χ1) is 4.31. The Morgan fingerprint density at radius 3 is 2.78 bits per heavy atom. The van der Waals surface area contributed by atoms with Gasteiger partial charge >= 0.3 is 0 Å². The Hall–Kier alpha value is -0.700. The summed E-state index contributed by atoms with van der Waals surface area (Å²) < 4.78 is 0. The summed E-state index contributed by atoms with van der Waals surface area (Å²) >= 11 is 0. The van der Waals surface area contributed by atoms with E-state index in [1.54, 1.807) is 6.08 Å². The molecule has 50 valence electrons. The fourth-order valence-electron chi connectivity index (χ4n) is 0.535. The summed E-state index contributed by atoms with van der Waals surface area (Å²) in [6.07, 6.45) is 11.2. The molecule has 0 radical (unpaired) electrons. The lowest BCUT2D eigenvalue weighted by atomic mass is 10.1. The zero-order chi connectivity index (χ0) is 7.11. The van der Waals surface area contributed by atoms with Gasteiger partial charge in [-0.2, -0.15) is 0 Å². The summed E-state index contributed by atoms with van der Waals surface area (Å²) in [5.41, 5.74) is 0. The first kappa shape index (κ1) is 8.30. The van der Waals surface area contributed by atoms with E-state index in [9.17, 15) is 0 Å². The maximum atomic E-state index is 5.02. The molecule has 0 heterocycles. The molecular formula is C9H14. The van der Waals surface area contributed by atoms with E-state index in [1.807, 2.05) is 6.08 Å². The molecule has 1 atom stereocenters. The van der Waals surface area contributed by atoms with Crippen LogP contribution in [-0.2, 0) is 0 Å². The number of hydrogen-bond donors (Lipinski definition) is 0. The second-order valence-corrected chi connectivity index (χ2v) is 2.32. The zero-order valence-electron chi connectivity index (χ0n) is 6.22. The summed E-state index contributed by atoms with van der Waals surface area (Å²) in [5.74, 6) is 3.24. The van der Waals surface area contributed by atoms with Gasteiger partial charge in [-0.3, -0.25) is 0 Å². The number of rotatable bonds is 3. The zero-order valence-corrected chi connectivity index (χ0v) is 6.22. The minimum atomic E-state index is 0.773. The Morgan fingerprint density at radius 2 is 2.33 bits per heavy atom. The number of allylic oxidation sites excluding steroid dienone is 2. The first-order valence-corrected chi connectivity index (χ1v) is 3.42. The third-order valence-electron chi connectivity index (χ3n) is 1.45. The van der Waals surface area contributed by atoms with Crippen molar-refractivity contribution in [2.24, 2.45) is 5.92 Å². The Balaban J connectivity index is 3.28. The molecule has 0 aromatic carbocycles. The van der Waals surface area contributed by atoms with E-state index < -0.39 is 0 Å². The number of terminal acetylenes is 1. The molecule has 9 heavy (non-hydrogen) atoms. The third-order valence-corrected chi connectivity index (χ3v) is 1.45. The van der Waals surface area contributed by atoms with Gasteiger partial charge in [0.25, 0.3) is 0 Å². The molecule has 0 aromatic heterocycles. The summed E-state index contributed by atoms with van der Waals surface area (Å²) in [7, 11) is 0. The topological polar surface area (TPSA) is 0 Å². The van der Waals surface area contributed by atoms with Gasteiger partial charge in [-0.1, -0.05) is 32.3 Å². The van der Waals surface area contributed by atoms with Crippen LogP contribution in [0, 0.1) is 18.3 Å². The van der Waals surface area contributed by atoms with Crippen molar-refractivity contribution in [1.82, 2.24) is 0 Å². The lowest BCUT2D eigenvalue weighted by Crippen LogP contribution is -1.87. The molecule has 0 saturated carbocycles. The van der Waals surface area contributed by atoms with Crippen molar-refractivity contribution in [1.29, 1.82) is 0 Å². The highest BCUT2D eigenvalue weighted by atomic mass is 14.0.